The first-order valence-electron chi connectivity index (χ1n) is 4.42. The number of carbonyl (C=O) groups is 1. The topological polar surface area (TPSA) is 26.3 Å². The molecule has 1 aliphatic rings. The first kappa shape index (κ1) is 8.57. The standard InChI is InChI=1S/C9H16O2/c1-3-4-5-8-7(2)6-11-9(8)10/h7-8H,3-6H2,1-2H3. The minimum Gasteiger partial charge on any atom is -0.465 e. The third-order valence-electron chi connectivity index (χ3n) is 2.35. The zero-order valence-electron chi connectivity index (χ0n) is 7.30. The van der Waals surface area contributed by atoms with Crippen LogP contribution in [0, 0.1) is 11.8 Å². The molecule has 0 saturated carbocycles. The average molecular weight is 156 g/mol. The van der Waals surface area contributed by atoms with E-state index >= 15 is 0 Å². The highest BCUT2D eigenvalue weighted by Gasteiger charge is 2.32. The molecule has 2 nitrogen and oxygen atoms in total. The van der Waals surface area contributed by atoms with Crippen LogP contribution >= 0.6 is 0 Å². The van der Waals surface area contributed by atoms with E-state index in [2.05, 4.69) is 13.8 Å². The summed E-state index contributed by atoms with van der Waals surface area (Å²) in [6.07, 6.45) is 3.32. The summed E-state index contributed by atoms with van der Waals surface area (Å²) >= 11 is 0. The predicted molar refractivity (Wildman–Crippen MR) is 43.1 cm³/mol. The van der Waals surface area contributed by atoms with Gasteiger partial charge in [-0.3, -0.25) is 4.79 Å². The third-order valence-corrected chi connectivity index (χ3v) is 2.35. The Morgan fingerprint density at radius 3 is 2.82 bits per heavy atom. The maximum Gasteiger partial charge on any atom is 0.309 e. The van der Waals surface area contributed by atoms with Crippen LogP contribution in [0.15, 0.2) is 0 Å². The zero-order valence-corrected chi connectivity index (χ0v) is 7.30. The van der Waals surface area contributed by atoms with Gasteiger partial charge >= 0.3 is 5.97 Å². The van der Waals surface area contributed by atoms with Crippen LogP contribution in [0.4, 0.5) is 0 Å². The van der Waals surface area contributed by atoms with Crippen molar-refractivity contribution in [3.05, 3.63) is 0 Å². The van der Waals surface area contributed by atoms with E-state index in [1.807, 2.05) is 0 Å². The van der Waals surface area contributed by atoms with Crippen LogP contribution in [0.2, 0.25) is 0 Å². The largest absolute Gasteiger partial charge is 0.465 e. The van der Waals surface area contributed by atoms with E-state index < -0.39 is 0 Å². The molecule has 2 unspecified atom stereocenters. The number of hydrogen-bond acceptors (Lipinski definition) is 2. The van der Waals surface area contributed by atoms with Gasteiger partial charge in [0.15, 0.2) is 0 Å². The van der Waals surface area contributed by atoms with Crippen LogP contribution in [0.25, 0.3) is 0 Å². The van der Waals surface area contributed by atoms with Gasteiger partial charge in [0.1, 0.15) is 0 Å². The number of ether oxygens (including phenoxy) is 1. The number of hydrogen-bond donors (Lipinski definition) is 0. The second-order valence-electron chi connectivity index (χ2n) is 3.36. The van der Waals surface area contributed by atoms with Crippen molar-refractivity contribution in [3.8, 4) is 0 Å². The van der Waals surface area contributed by atoms with Crippen molar-refractivity contribution in [1.29, 1.82) is 0 Å². The molecule has 2 atom stereocenters. The van der Waals surface area contributed by atoms with Crippen molar-refractivity contribution in [3.63, 3.8) is 0 Å². The van der Waals surface area contributed by atoms with Crippen LogP contribution in [0.3, 0.4) is 0 Å². The SMILES string of the molecule is CCCCC1C(=O)OCC1C. The van der Waals surface area contributed by atoms with E-state index in [9.17, 15) is 4.79 Å². The minimum absolute atomic E-state index is 0.0194. The molecule has 0 radical (unpaired) electrons. The van der Waals surface area contributed by atoms with E-state index in [0.717, 1.165) is 19.3 Å². The molecule has 1 aliphatic heterocycles. The van der Waals surface area contributed by atoms with Crippen LogP contribution in [0.1, 0.15) is 33.1 Å². The average Bonchev–Trinajstić information content (AvgIpc) is 2.29. The molecule has 11 heavy (non-hydrogen) atoms. The Kier molecular flexibility index (Phi) is 2.92. The van der Waals surface area contributed by atoms with E-state index in [0.29, 0.717) is 12.5 Å². The Balaban J connectivity index is 2.35. The Bertz CT molecular complexity index is 142. The lowest BCUT2D eigenvalue weighted by Crippen LogP contribution is -2.12. The van der Waals surface area contributed by atoms with Crippen molar-refractivity contribution < 1.29 is 9.53 Å². The second kappa shape index (κ2) is 3.74. The summed E-state index contributed by atoms with van der Waals surface area (Å²) in [5.74, 6) is 0.648. The molecule has 1 saturated heterocycles. The quantitative estimate of drug-likeness (QED) is 0.584. The van der Waals surface area contributed by atoms with Gasteiger partial charge in [0.25, 0.3) is 0 Å². The van der Waals surface area contributed by atoms with E-state index in [1.54, 1.807) is 0 Å². The molecule has 0 aromatic rings. The minimum atomic E-state index is 0.0194. The van der Waals surface area contributed by atoms with Gasteiger partial charge in [-0.1, -0.05) is 26.7 Å². The summed E-state index contributed by atoms with van der Waals surface area (Å²) in [5.41, 5.74) is 0. The Morgan fingerprint density at radius 2 is 2.36 bits per heavy atom. The lowest BCUT2D eigenvalue weighted by molar-refractivity contribution is -0.141. The lowest BCUT2D eigenvalue weighted by Gasteiger charge is -2.07. The Labute approximate surface area is 67.9 Å². The van der Waals surface area contributed by atoms with Crippen LogP contribution in [0.5, 0.6) is 0 Å². The second-order valence-corrected chi connectivity index (χ2v) is 3.36. The fraction of sp³-hybridized carbons (Fsp3) is 0.889. The smallest absolute Gasteiger partial charge is 0.309 e. The maximum atomic E-state index is 11.1. The molecule has 64 valence electrons. The summed E-state index contributed by atoms with van der Waals surface area (Å²) in [7, 11) is 0. The highest BCUT2D eigenvalue weighted by atomic mass is 16.5. The van der Waals surface area contributed by atoms with E-state index in [4.69, 9.17) is 4.74 Å². The first-order chi connectivity index (χ1) is 5.25. The van der Waals surface area contributed by atoms with Gasteiger partial charge < -0.3 is 4.74 Å². The fourth-order valence-electron chi connectivity index (χ4n) is 1.50. The Morgan fingerprint density at radius 1 is 1.64 bits per heavy atom. The van der Waals surface area contributed by atoms with Crippen molar-refractivity contribution in [1.82, 2.24) is 0 Å². The van der Waals surface area contributed by atoms with Gasteiger partial charge in [0.2, 0.25) is 0 Å². The van der Waals surface area contributed by atoms with E-state index in [-0.39, 0.29) is 11.9 Å². The van der Waals surface area contributed by atoms with Crippen molar-refractivity contribution >= 4 is 5.97 Å². The molecular formula is C9H16O2. The fourth-order valence-corrected chi connectivity index (χ4v) is 1.50. The summed E-state index contributed by atoms with van der Waals surface area (Å²) in [5, 5.41) is 0. The molecule has 0 aromatic carbocycles. The maximum absolute atomic E-state index is 11.1. The molecule has 0 aromatic heterocycles. The molecule has 0 amide bonds. The summed E-state index contributed by atoms with van der Waals surface area (Å²) in [6, 6.07) is 0. The third kappa shape index (κ3) is 1.95. The number of unbranched alkanes of at least 4 members (excludes halogenated alkanes) is 1. The molecule has 0 spiro atoms. The number of cyclic esters (lactones) is 1. The molecule has 1 heterocycles. The van der Waals surface area contributed by atoms with Crippen LogP contribution < -0.4 is 0 Å². The predicted octanol–water partition coefficient (Wildman–Crippen LogP) is 1.99. The van der Waals surface area contributed by atoms with Crippen molar-refractivity contribution in [2.24, 2.45) is 11.8 Å². The van der Waals surface area contributed by atoms with Gasteiger partial charge in [-0.05, 0) is 6.42 Å². The summed E-state index contributed by atoms with van der Waals surface area (Å²) in [6.45, 7) is 4.86. The normalized spacial score (nSPS) is 30.5. The summed E-state index contributed by atoms with van der Waals surface area (Å²) < 4.78 is 4.94. The molecule has 1 fully saturated rings. The van der Waals surface area contributed by atoms with Gasteiger partial charge in [0.05, 0.1) is 12.5 Å². The molecule has 2 heteroatoms. The molecule has 1 rings (SSSR count). The van der Waals surface area contributed by atoms with Crippen molar-refractivity contribution in [2.45, 2.75) is 33.1 Å². The van der Waals surface area contributed by atoms with Crippen LogP contribution in [-0.2, 0) is 9.53 Å². The van der Waals surface area contributed by atoms with Gasteiger partial charge in [-0.2, -0.15) is 0 Å². The first-order valence-corrected chi connectivity index (χ1v) is 4.42. The molecule has 0 N–H and O–H groups in total. The molecular weight excluding hydrogens is 140 g/mol. The summed E-state index contributed by atoms with van der Waals surface area (Å²) in [4.78, 5) is 11.1. The highest BCUT2D eigenvalue weighted by molar-refractivity contribution is 5.74. The number of carbonyl (C=O) groups excluding carboxylic acids is 1. The van der Waals surface area contributed by atoms with Gasteiger partial charge in [0, 0.05) is 5.92 Å². The Hall–Kier alpha value is -0.530. The van der Waals surface area contributed by atoms with E-state index in [1.165, 1.54) is 0 Å². The highest BCUT2D eigenvalue weighted by Crippen LogP contribution is 2.26. The van der Waals surface area contributed by atoms with Crippen LogP contribution in [-0.4, -0.2) is 12.6 Å². The molecule has 0 bridgehead atoms. The van der Waals surface area contributed by atoms with Gasteiger partial charge in [-0.15, -0.1) is 0 Å². The number of esters is 1. The molecule has 0 aliphatic carbocycles. The lowest BCUT2D eigenvalue weighted by atomic mass is 9.92. The number of rotatable bonds is 3. The van der Waals surface area contributed by atoms with Gasteiger partial charge in [-0.25, -0.2) is 0 Å². The van der Waals surface area contributed by atoms with Crippen molar-refractivity contribution in [2.75, 3.05) is 6.61 Å². The monoisotopic (exact) mass is 156 g/mol. The zero-order chi connectivity index (χ0) is 8.27.